The van der Waals surface area contributed by atoms with E-state index in [1.54, 1.807) is 19.1 Å². The van der Waals surface area contributed by atoms with Crippen molar-refractivity contribution in [1.82, 2.24) is 0 Å². The van der Waals surface area contributed by atoms with Gasteiger partial charge in [-0.05, 0) is 31.5 Å². The summed E-state index contributed by atoms with van der Waals surface area (Å²) in [4.78, 5) is 10.9. The normalized spacial score (nSPS) is 11.7. The number of aryl methyl sites for hydroxylation is 1. The fourth-order valence-corrected chi connectivity index (χ4v) is 2.59. The SMILES string of the molecule is Cc1ccc(C#N)cc1Oc1sc([C@@H](C)O)cc1[N+](=O)[O-]. The minimum absolute atomic E-state index is 0.0917. The molecular formula is C14H12N2O4S. The van der Waals surface area contributed by atoms with E-state index in [1.165, 1.54) is 19.1 Å². The number of benzene rings is 1. The standard InChI is InChI=1S/C14H12N2O4S/c1-8-3-4-10(7-15)5-12(8)20-14-11(16(18)19)6-13(21-14)9(2)17/h3-6,9,17H,1-2H3/t9-/m1/s1. The molecule has 0 unspecified atom stereocenters. The molecule has 21 heavy (non-hydrogen) atoms. The summed E-state index contributed by atoms with van der Waals surface area (Å²) in [6.45, 7) is 3.31. The van der Waals surface area contributed by atoms with Crippen LogP contribution in [0.15, 0.2) is 24.3 Å². The maximum atomic E-state index is 11.1. The Kier molecular flexibility index (Phi) is 4.21. The molecule has 1 aromatic carbocycles. The Morgan fingerprint density at radius 1 is 1.48 bits per heavy atom. The van der Waals surface area contributed by atoms with E-state index < -0.39 is 11.0 Å². The van der Waals surface area contributed by atoms with E-state index in [0.29, 0.717) is 16.2 Å². The smallest absolute Gasteiger partial charge is 0.323 e. The van der Waals surface area contributed by atoms with Gasteiger partial charge in [-0.15, -0.1) is 0 Å². The van der Waals surface area contributed by atoms with Gasteiger partial charge in [0, 0.05) is 10.9 Å². The zero-order valence-corrected chi connectivity index (χ0v) is 12.2. The van der Waals surface area contributed by atoms with Crippen LogP contribution in [0.4, 0.5) is 5.69 Å². The molecule has 1 N–H and O–H groups in total. The summed E-state index contributed by atoms with van der Waals surface area (Å²) >= 11 is 1.02. The van der Waals surface area contributed by atoms with Crippen molar-refractivity contribution in [1.29, 1.82) is 5.26 Å². The van der Waals surface area contributed by atoms with Gasteiger partial charge in [0.15, 0.2) is 0 Å². The lowest BCUT2D eigenvalue weighted by Crippen LogP contribution is -1.91. The van der Waals surface area contributed by atoms with Crippen LogP contribution in [-0.2, 0) is 0 Å². The van der Waals surface area contributed by atoms with Gasteiger partial charge in [0.05, 0.1) is 22.7 Å². The van der Waals surface area contributed by atoms with Crippen molar-refractivity contribution < 1.29 is 14.8 Å². The van der Waals surface area contributed by atoms with Crippen molar-refractivity contribution >= 4 is 17.0 Å². The van der Waals surface area contributed by atoms with Gasteiger partial charge in [-0.25, -0.2) is 0 Å². The Balaban J connectivity index is 2.44. The molecule has 0 bridgehead atoms. The van der Waals surface area contributed by atoms with Crippen molar-refractivity contribution in [2.24, 2.45) is 0 Å². The molecule has 108 valence electrons. The number of aliphatic hydroxyl groups is 1. The maximum Gasteiger partial charge on any atom is 0.323 e. The number of ether oxygens (including phenoxy) is 1. The maximum absolute atomic E-state index is 11.1. The number of hydrogen-bond acceptors (Lipinski definition) is 6. The topological polar surface area (TPSA) is 96.4 Å². The summed E-state index contributed by atoms with van der Waals surface area (Å²) in [5, 5.41) is 29.6. The van der Waals surface area contributed by atoms with Crippen LogP contribution in [0.1, 0.15) is 29.0 Å². The van der Waals surface area contributed by atoms with Crippen LogP contribution < -0.4 is 4.74 Å². The number of aliphatic hydroxyl groups excluding tert-OH is 1. The first kappa shape index (κ1) is 15.0. The molecule has 1 aromatic heterocycles. The Labute approximate surface area is 125 Å². The molecule has 0 amide bonds. The van der Waals surface area contributed by atoms with E-state index in [9.17, 15) is 15.2 Å². The third-order valence-electron chi connectivity index (χ3n) is 2.83. The second kappa shape index (κ2) is 5.91. The van der Waals surface area contributed by atoms with Crippen molar-refractivity contribution in [2.75, 3.05) is 0 Å². The predicted molar refractivity (Wildman–Crippen MR) is 77.6 cm³/mol. The number of hydrogen-bond donors (Lipinski definition) is 1. The van der Waals surface area contributed by atoms with Crippen LogP contribution in [-0.4, -0.2) is 10.0 Å². The average molecular weight is 304 g/mol. The van der Waals surface area contributed by atoms with Crippen molar-refractivity contribution in [2.45, 2.75) is 20.0 Å². The molecule has 0 fully saturated rings. The van der Waals surface area contributed by atoms with Crippen LogP contribution in [0, 0.1) is 28.4 Å². The van der Waals surface area contributed by atoms with Gasteiger partial charge in [0.1, 0.15) is 5.75 Å². The highest BCUT2D eigenvalue weighted by molar-refractivity contribution is 7.14. The zero-order chi connectivity index (χ0) is 15.6. The van der Waals surface area contributed by atoms with Crippen molar-refractivity contribution in [3.8, 4) is 16.9 Å². The van der Waals surface area contributed by atoms with E-state index in [2.05, 4.69) is 0 Å². The molecule has 6 nitrogen and oxygen atoms in total. The first-order valence-corrected chi connectivity index (χ1v) is 6.88. The predicted octanol–water partition coefficient (Wildman–Crippen LogP) is 3.68. The molecule has 0 saturated carbocycles. The second-order valence-electron chi connectivity index (χ2n) is 4.45. The van der Waals surface area contributed by atoms with Crippen molar-refractivity contribution in [3.05, 3.63) is 50.4 Å². The highest BCUT2D eigenvalue weighted by Crippen LogP contribution is 2.42. The largest absolute Gasteiger partial charge is 0.440 e. The molecule has 2 aromatic rings. The van der Waals surface area contributed by atoms with Gasteiger partial charge in [-0.1, -0.05) is 17.4 Å². The lowest BCUT2D eigenvalue weighted by molar-refractivity contribution is -0.385. The van der Waals surface area contributed by atoms with Gasteiger partial charge in [-0.3, -0.25) is 10.1 Å². The zero-order valence-electron chi connectivity index (χ0n) is 11.4. The number of rotatable bonds is 4. The Bertz CT molecular complexity index is 731. The minimum Gasteiger partial charge on any atom is -0.440 e. The molecular weight excluding hydrogens is 292 g/mol. The Morgan fingerprint density at radius 3 is 2.76 bits per heavy atom. The number of thiophene rings is 1. The van der Waals surface area contributed by atoms with Gasteiger partial charge >= 0.3 is 5.69 Å². The van der Waals surface area contributed by atoms with Crippen LogP contribution in [0.2, 0.25) is 0 Å². The number of nitrogens with zero attached hydrogens (tertiary/aromatic N) is 2. The van der Waals surface area contributed by atoms with E-state index >= 15 is 0 Å². The van der Waals surface area contributed by atoms with Gasteiger partial charge < -0.3 is 9.84 Å². The van der Waals surface area contributed by atoms with Crippen molar-refractivity contribution in [3.63, 3.8) is 0 Å². The Morgan fingerprint density at radius 2 is 2.19 bits per heavy atom. The molecule has 0 saturated heterocycles. The molecule has 0 aliphatic rings. The van der Waals surface area contributed by atoms with Gasteiger partial charge in [0.2, 0.25) is 0 Å². The number of nitro groups is 1. The highest BCUT2D eigenvalue weighted by Gasteiger charge is 2.23. The molecule has 0 aliphatic carbocycles. The summed E-state index contributed by atoms with van der Waals surface area (Å²) in [7, 11) is 0. The van der Waals surface area contributed by atoms with Gasteiger partial charge in [0.25, 0.3) is 5.06 Å². The fourth-order valence-electron chi connectivity index (χ4n) is 1.67. The van der Waals surface area contributed by atoms with Crippen LogP contribution in [0.5, 0.6) is 10.8 Å². The lowest BCUT2D eigenvalue weighted by atomic mass is 10.1. The van der Waals surface area contributed by atoms with Crippen LogP contribution >= 0.6 is 11.3 Å². The molecule has 2 rings (SSSR count). The monoisotopic (exact) mass is 304 g/mol. The van der Waals surface area contributed by atoms with E-state index in [0.717, 1.165) is 16.9 Å². The number of nitriles is 1. The van der Waals surface area contributed by atoms with E-state index in [-0.39, 0.29) is 10.8 Å². The summed E-state index contributed by atoms with van der Waals surface area (Å²) < 4.78 is 5.59. The second-order valence-corrected chi connectivity index (χ2v) is 5.50. The lowest BCUT2D eigenvalue weighted by Gasteiger charge is -2.06. The highest BCUT2D eigenvalue weighted by atomic mass is 32.1. The Hall–Kier alpha value is -2.43. The van der Waals surface area contributed by atoms with E-state index in [1.807, 2.05) is 6.07 Å². The summed E-state index contributed by atoms with van der Waals surface area (Å²) in [6, 6.07) is 8.18. The summed E-state index contributed by atoms with van der Waals surface area (Å²) in [6.07, 6.45) is -0.808. The quantitative estimate of drug-likeness (QED) is 0.686. The molecule has 0 spiro atoms. The first-order chi connectivity index (χ1) is 9.92. The van der Waals surface area contributed by atoms with Crippen LogP contribution in [0.25, 0.3) is 0 Å². The molecule has 1 heterocycles. The minimum atomic E-state index is -0.808. The van der Waals surface area contributed by atoms with Crippen LogP contribution in [0.3, 0.4) is 0 Å². The molecule has 1 atom stereocenters. The summed E-state index contributed by atoms with van der Waals surface area (Å²) in [5.74, 6) is 0.385. The third-order valence-corrected chi connectivity index (χ3v) is 4.00. The molecule has 7 heteroatoms. The molecule has 0 aliphatic heterocycles. The summed E-state index contributed by atoms with van der Waals surface area (Å²) in [5.41, 5.74) is 0.971. The molecule has 0 radical (unpaired) electrons. The van der Waals surface area contributed by atoms with E-state index in [4.69, 9.17) is 10.00 Å². The fraction of sp³-hybridized carbons (Fsp3) is 0.214. The van der Waals surface area contributed by atoms with Gasteiger partial charge in [-0.2, -0.15) is 5.26 Å². The third kappa shape index (κ3) is 3.18. The first-order valence-electron chi connectivity index (χ1n) is 6.07. The average Bonchev–Trinajstić information content (AvgIpc) is 2.85.